The van der Waals surface area contributed by atoms with E-state index in [0.29, 0.717) is 12.0 Å². The highest BCUT2D eigenvalue weighted by atomic mass is 32.2. The van der Waals surface area contributed by atoms with E-state index in [1.807, 2.05) is 0 Å². The molecule has 0 spiro atoms. The number of hydrogen-bond donors (Lipinski definition) is 2. The summed E-state index contributed by atoms with van der Waals surface area (Å²) >= 11 is 0. The van der Waals surface area contributed by atoms with Crippen LogP contribution >= 0.6 is 0 Å². The standard InChI is InChI=1S/C27H34F5N3O7S2/c1-4-18(3)42-44(39,40)34-21-14-15-35(43(37,38)23-12-10-22(11-13-23)41-27(30,31)32)24(16-21)25(36)33-17-19-6-8-20(9-7-19)26(28,29)5-2/h6-13,18,21,24,34H,4-5,14-17H2,1-3H3,(H,33,36)/t18?,21-,24-/m1/s1. The molecule has 0 saturated carbocycles. The topological polar surface area (TPSA) is 131 Å². The predicted octanol–water partition coefficient (Wildman–Crippen LogP) is 4.57. The molecule has 1 saturated heterocycles. The van der Waals surface area contributed by atoms with Crippen molar-refractivity contribution in [2.75, 3.05) is 6.54 Å². The highest BCUT2D eigenvalue weighted by molar-refractivity contribution is 7.89. The summed E-state index contributed by atoms with van der Waals surface area (Å²) in [6.07, 6.45) is -5.98. The number of carbonyl (C=O) groups excluding carboxylic acids is 1. The van der Waals surface area contributed by atoms with Crippen LogP contribution in [-0.2, 0) is 41.8 Å². The van der Waals surface area contributed by atoms with E-state index in [1.165, 1.54) is 31.2 Å². The normalized spacial score (nSPS) is 19.4. The molecule has 2 aromatic rings. The number of nitrogens with one attached hydrogen (secondary N) is 2. The minimum absolute atomic E-state index is 0.0471. The Labute approximate surface area is 253 Å². The van der Waals surface area contributed by atoms with Crippen LogP contribution in [0.3, 0.4) is 0 Å². The first kappa shape index (κ1) is 35.6. The van der Waals surface area contributed by atoms with Crippen molar-refractivity contribution in [2.24, 2.45) is 0 Å². The molecule has 1 heterocycles. The van der Waals surface area contributed by atoms with Gasteiger partial charge in [0.05, 0.1) is 11.0 Å². The maximum Gasteiger partial charge on any atom is 0.573 e. The van der Waals surface area contributed by atoms with Gasteiger partial charge in [-0.1, -0.05) is 38.1 Å². The molecule has 0 aliphatic carbocycles. The minimum Gasteiger partial charge on any atom is -0.406 e. The van der Waals surface area contributed by atoms with Crippen molar-refractivity contribution in [1.82, 2.24) is 14.3 Å². The zero-order valence-corrected chi connectivity index (χ0v) is 25.7. The first-order valence-electron chi connectivity index (χ1n) is 13.7. The number of ether oxygens (including phenoxy) is 1. The summed E-state index contributed by atoms with van der Waals surface area (Å²) in [5.41, 5.74) is 0.236. The zero-order valence-electron chi connectivity index (χ0n) is 24.1. The summed E-state index contributed by atoms with van der Waals surface area (Å²) in [6, 6.07) is 6.30. The molecular weight excluding hydrogens is 637 g/mol. The monoisotopic (exact) mass is 671 g/mol. The van der Waals surface area contributed by atoms with E-state index in [4.69, 9.17) is 4.18 Å². The van der Waals surface area contributed by atoms with E-state index in [0.717, 1.165) is 28.6 Å². The van der Waals surface area contributed by atoms with E-state index in [9.17, 15) is 43.6 Å². The fourth-order valence-electron chi connectivity index (χ4n) is 4.42. The largest absolute Gasteiger partial charge is 0.573 e. The second kappa shape index (κ2) is 14.1. The molecule has 1 unspecified atom stereocenters. The summed E-state index contributed by atoms with van der Waals surface area (Å²) in [5.74, 6) is -4.49. The van der Waals surface area contributed by atoms with Crippen LogP contribution in [0, 0.1) is 0 Å². The van der Waals surface area contributed by atoms with Crippen LogP contribution in [0.15, 0.2) is 53.4 Å². The van der Waals surface area contributed by atoms with E-state index in [2.05, 4.69) is 14.8 Å². The van der Waals surface area contributed by atoms with Gasteiger partial charge in [-0.15, -0.1) is 13.2 Å². The van der Waals surface area contributed by atoms with Crippen molar-refractivity contribution in [2.45, 2.75) is 88.4 Å². The predicted molar refractivity (Wildman–Crippen MR) is 149 cm³/mol. The first-order chi connectivity index (χ1) is 20.4. The first-order valence-corrected chi connectivity index (χ1v) is 16.5. The third kappa shape index (κ3) is 9.57. The average molecular weight is 672 g/mol. The molecule has 0 bridgehead atoms. The van der Waals surface area contributed by atoms with Crippen molar-refractivity contribution >= 4 is 26.2 Å². The number of sulfonamides is 1. The van der Waals surface area contributed by atoms with Crippen LogP contribution in [0.5, 0.6) is 5.75 Å². The van der Waals surface area contributed by atoms with Crippen molar-refractivity contribution in [3.05, 3.63) is 59.7 Å². The van der Waals surface area contributed by atoms with E-state index in [-0.39, 0.29) is 31.5 Å². The van der Waals surface area contributed by atoms with Crippen LogP contribution in [0.1, 0.15) is 57.6 Å². The molecule has 3 rings (SSSR count). The van der Waals surface area contributed by atoms with Crippen LogP contribution < -0.4 is 14.8 Å². The van der Waals surface area contributed by atoms with Gasteiger partial charge in [-0.05, 0) is 56.0 Å². The molecule has 2 N–H and O–H groups in total. The van der Waals surface area contributed by atoms with Crippen molar-refractivity contribution in [3.63, 3.8) is 0 Å². The number of nitrogens with zero attached hydrogens (tertiary/aromatic N) is 1. The number of carbonyl (C=O) groups is 1. The Morgan fingerprint density at radius 1 is 1.00 bits per heavy atom. The quantitative estimate of drug-likeness (QED) is 0.298. The lowest BCUT2D eigenvalue weighted by Crippen LogP contribution is -2.57. The molecule has 246 valence electrons. The fraction of sp³-hybridized carbons (Fsp3) is 0.519. The number of piperidine rings is 1. The SMILES string of the molecule is CCC(C)OS(=O)(=O)N[C@@H]1CCN(S(=O)(=O)c2ccc(OC(F)(F)F)cc2)[C@@H](C(=O)NCc2ccc(C(F)(F)CC)cc2)C1. The van der Waals surface area contributed by atoms with Crippen LogP contribution in [0.4, 0.5) is 22.0 Å². The van der Waals surface area contributed by atoms with Crippen LogP contribution in [0.25, 0.3) is 0 Å². The summed E-state index contributed by atoms with van der Waals surface area (Å²) < 4.78 is 130. The van der Waals surface area contributed by atoms with Gasteiger partial charge in [0, 0.05) is 31.1 Å². The number of rotatable bonds is 13. The van der Waals surface area contributed by atoms with Crippen molar-refractivity contribution in [3.8, 4) is 5.75 Å². The van der Waals surface area contributed by atoms with Gasteiger partial charge in [0.1, 0.15) is 11.8 Å². The van der Waals surface area contributed by atoms with Gasteiger partial charge in [-0.2, -0.15) is 17.4 Å². The molecule has 1 amide bonds. The molecule has 10 nitrogen and oxygen atoms in total. The molecule has 0 aromatic heterocycles. The average Bonchev–Trinajstić information content (AvgIpc) is 2.94. The second-order valence-electron chi connectivity index (χ2n) is 10.2. The summed E-state index contributed by atoms with van der Waals surface area (Å²) in [7, 11) is -8.73. The van der Waals surface area contributed by atoms with Crippen molar-refractivity contribution < 1.29 is 52.5 Å². The van der Waals surface area contributed by atoms with Gasteiger partial charge in [-0.3, -0.25) is 8.98 Å². The number of amides is 1. The summed E-state index contributed by atoms with van der Waals surface area (Å²) in [4.78, 5) is 13.0. The van der Waals surface area contributed by atoms with E-state index >= 15 is 0 Å². The lowest BCUT2D eigenvalue weighted by atomic mass is 9.99. The van der Waals surface area contributed by atoms with E-state index in [1.54, 1.807) is 13.8 Å². The summed E-state index contributed by atoms with van der Waals surface area (Å²) in [6.45, 7) is 4.13. The maximum atomic E-state index is 14.0. The van der Waals surface area contributed by atoms with E-state index < -0.39 is 73.8 Å². The molecule has 3 atom stereocenters. The molecule has 2 aromatic carbocycles. The molecule has 1 aliphatic rings. The Hall–Kier alpha value is -2.86. The Morgan fingerprint density at radius 3 is 2.16 bits per heavy atom. The number of benzene rings is 2. The zero-order chi connectivity index (χ0) is 32.9. The molecule has 44 heavy (non-hydrogen) atoms. The Morgan fingerprint density at radius 2 is 1.61 bits per heavy atom. The molecule has 17 heteroatoms. The molecule has 1 aliphatic heterocycles. The number of hydrogen-bond acceptors (Lipinski definition) is 7. The lowest BCUT2D eigenvalue weighted by Gasteiger charge is -2.37. The van der Waals surface area contributed by atoms with Gasteiger partial charge in [0.15, 0.2) is 0 Å². The van der Waals surface area contributed by atoms with Gasteiger partial charge >= 0.3 is 16.7 Å². The molecule has 0 radical (unpaired) electrons. The Balaban J connectivity index is 1.84. The minimum atomic E-state index is -4.99. The summed E-state index contributed by atoms with van der Waals surface area (Å²) in [5, 5.41) is 2.57. The lowest BCUT2D eigenvalue weighted by molar-refractivity contribution is -0.274. The second-order valence-corrected chi connectivity index (χ2v) is 13.5. The van der Waals surface area contributed by atoms with Crippen LogP contribution in [-0.4, -0.2) is 58.1 Å². The number of alkyl halides is 5. The Kier molecular flexibility index (Phi) is 11.4. The third-order valence-electron chi connectivity index (χ3n) is 6.98. The van der Waals surface area contributed by atoms with Crippen molar-refractivity contribution in [1.29, 1.82) is 0 Å². The van der Waals surface area contributed by atoms with Gasteiger partial charge in [-0.25, -0.2) is 17.2 Å². The molecular formula is C27H34F5N3O7S2. The van der Waals surface area contributed by atoms with Gasteiger partial charge in [0.25, 0.3) is 5.92 Å². The smallest absolute Gasteiger partial charge is 0.406 e. The highest BCUT2D eigenvalue weighted by Gasteiger charge is 2.42. The highest BCUT2D eigenvalue weighted by Crippen LogP contribution is 2.32. The van der Waals surface area contributed by atoms with Crippen LogP contribution in [0.2, 0.25) is 0 Å². The maximum absolute atomic E-state index is 14.0. The van der Waals surface area contributed by atoms with Gasteiger partial charge < -0.3 is 10.1 Å². The van der Waals surface area contributed by atoms with Gasteiger partial charge in [0.2, 0.25) is 15.9 Å². The Bertz CT molecular complexity index is 1490. The third-order valence-corrected chi connectivity index (χ3v) is 10.1. The number of halogens is 5. The fourth-order valence-corrected chi connectivity index (χ4v) is 7.28. The molecule has 1 fully saturated rings.